The molecule has 3 heterocycles. The predicted molar refractivity (Wildman–Crippen MR) is 85.8 cm³/mol. The zero-order valence-electron chi connectivity index (χ0n) is 12.9. The second-order valence-electron chi connectivity index (χ2n) is 5.19. The first-order valence-electron chi connectivity index (χ1n) is 7.59. The number of pyridine rings is 1. The van der Waals surface area contributed by atoms with E-state index in [0.29, 0.717) is 11.4 Å². The number of rotatable bonds is 5. The summed E-state index contributed by atoms with van der Waals surface area (Å²) in [6, 6.07) is 5.85. The number of aromatic nitrogens is 5. The van der Waals surface area contributed by atoms with Crippen molar-refractivity contribution in [3.63, 3.8) is 0 Å². The monoisotopic (exact) mass is 307 g/mol. The predicted octanol–water partition coefficient (Wildman–Crippen LogP) is 2.77. The molecule has 0 unspecified atom stereocenters. The van der Waals surface area contributed by atoms with Crippen LogP contribution in [-0.4, -0.2) is 30.4 Å². The molecule has 0 aliphatic rings. The van der Waals surface area contributed by atoms with E-state index in [1.807, 2.05) is 18.2 Å². The normalized spacial score (nSPS) is 10.7. The maximum Gasteiger partial charge on any atom is 0.266 e. The molecule has 0 bridgehead atoms. The summed E-state index contributed by atoms with van der Waals surface area (Å²) in [6.45, 7) is 2.16. The molecule has 0 aliphatic carbocycles. The average molecular weight is 307 g/mol. The molecule has 0 radical (unpaired) electrons. The molecule has 0 atom stereocenters. The molecule has 3 rings (SSSR count). The van der Waals surface area contributed by atoms with E-state index in [2.05, 4.69) is 26.9 Å². The first-order valence-corrected chi connectivity index (χ1v) is 7.59. The van der Waals surface area contributed by atoms with Gasteiger partial charge in [0.05, 0.1) is 5.56 Å². The lowest BCUT2D eigenvalue weighted by atomic mass is 10.2. The summed E-state index contributed by atoms with van der Waals surface area (Å²) in [5.74, 6) is 0.309. The van der Waals surface area contributed by atoms with Crippen LogP contribution in [0.4, 0.5) is 0 Å². The summed E-state index contributed by atoms with van der Waals surface area (Å²) in [6.07, 6.45) is 10.8. The van der Waals surface area contributed by atoms with Crippen LogP contribution in [0.2, 0.25) is 0 Å². The van der Waals surface area contributed by atoms with Gasteiger partial charge in [0.15, 0.2) is 5.82 Å². The molecular weight excluding hydrogens is 290 g/mol. The molecule has 0 aromatic carbocycles. The number of unbranched alkanes of at least 4 members (excludes halogenated alkanes) is 1. The molecule has 3 aromatic heterocycles. The van der Waals surface area contributed by atoms with Gasteiger partial charge in [-0.15, -0.1) is 0 Å². The summed E-state index contributed by atoms with van der Waals surface area (Å²) in [7, 11) is 0. The maximum absolute atomic E-state index is 12.2. The van der Waals surface area contributed by atoms with E-state index < -0.39 is 0 Å². The van der Waals surface area contributed by atoms with Crippen molar-refractivity contribution in [2.75, 3.05) is 0 Å². The molecule has 0 amide bonds. The Morgan fingerprint density at radius 3 is 2.74 bits per heavy atom. The quantitative estimate of drug-likeness (QED) is 0.724. The third-order valence-electron chi connectivity index (χ3n) is 3.46. The third kappa shape index (κ3) is 3.48. The highest BCUT2D eigenvalue weighted by atomic mass is 16.2. The molecule has 6 heteroatoms. The Kier molecular flexibility index (Phi) is 4.52. The molecule has 0 saturated carbocycles. The van der Waals surface area contributed by atoms with Crippen LogP contribution in [0.15, 0.2) is 49.3 Å². The fourth-order valence-corrected chi connectivity index (χ4v) is 2.20. The molecule has 0 spiro atoms. The van der Waals surface area contributed by atoms with Crippen LogP contribution in [0.25, 0.3) is 11.5 Å². The van der Waals surface area contributed by atoms with Gasteiger partial charge in [0, 0.05) is 30.5 Å². The average Bonchev–Trinajstić information content (AvgIpc) is 3.14. The second-order valence-corrected chi connectivity index (χ2v) is 5.19. The Bertz CT molecular complexity index is 781. The number of carbonyl (C=O) groups is 1. The smallest absolute Gasteiger partial charge is 0.266 e. The van der Waals surface area contributed by atoms with E-state index in [4.69, 9.17) is 0 Å². The van der Waals surface area contributed by atoms with Crippen LogP contribution in [0, 0.1) is 0 Å². The van der Waals surface area contributed by atoms with E-state index in [1.165, 1.54) is 23.3 Å². The first-order chi connectivity index (χ1) is 11.3. The summed E-state index contributed by atoms with van der Waals surface area (Å²) in [5.41, 5.74) is 2.17. The fourth-order valence-electron chi connectivity index (χ4n) is 2.20. The van der Waals surface area contributed by atoms with Gasteiger partial charge in [0.2, 0.25) is 0 Å². The highest BCUT2D eigenvalue weighted by Crippen LogP contribution is 2.14. The largest absolute Gasteiger partial charge is 0.272 e. The van der Waals surface area contributed by atoms with Gasteiger partial charge in [-0.1, -0.05) is 19.4 Å². The lowest BCUT2D eigenvalue weighted by Gasteiger charge is -2.04. The van der Waals surface area contributed by atoms with Crippen LogP contribution in [0.1, 0.15) is 35.8 Å². The lowest BCUT2D eigenvalue weighted by molar-refractivity contribution is 0.0959. The first kappa shape index (κ1) is 15.0. The van der Waals surface area contributed by atoms with Crippen LogP contribution in [0.5, 0.6) is 0 Å². The lowest BCUT2D eigenvalue weighted by Crippen LogP contribution is -2.10. The molecule has 0 fully saturated rings. The molecule has 3 aromatic rings. The van der Waals surface area contributed by atoms with E-state index in [0.717, 1.165) is 30.7 Å². The highest BCUT2D eigenvalue weighted by molar-refractivity contribution is 5.95. The number of hydrogen-bond donors (Lipinski definition) is 0. The van der Waals surface area contributed by atoms with Gasteiger partial charge in [-0.25, -0.2) is 19.9 Å². The van der Waals surface area contributed by atoms with Crippen molar-refractivity contribution in [2.24, 2.45) is 0 Å². The number of nitrogens with zero attached hydrogens (tertiary/aromatic N) is 5. The van der Waals surface area contributed by atoms with E-state index in [-0.39, 0.29) is 5.91 Å². The molecule has 23 heavy (non-hydrogen) atoms. The Morgan fingerprint density at radius 1 is 1.22 bits per heavy atom. The molecule has 0 saturated heterocycles. The van der Waals surface area contributed by atoms with Crippen molar-refractivity contribution in [3.05, 3.63) is 60.6 Å². The van der Waals surface area contributed by atoms with E-state index >= 15 is 0 Å². The van der Waals surface area contributed by atoms with Gasteiger partial charge in [0.1, 0.15) is 12.0 Å². The Labute approximate surface area is 134 Å². The van der Waals surface area contributed by atoms with Gasteiger partial charge in [-0.2, -0.15) is 0 Å². The van der Waals surface area contributed by atoms with Crippen molar-refractivity contribution in [1.29, 1.82) is 0 Å². The van der Waals surface area contributed by atoms with Crippen LogP contribution in [-0.2, 0) is 6.42 Å². The standard InChI is InChI=1S/C17H17N5O/c1-2-3-5-14-6-4-7-15(21-14)16-19-10-13(11-20-16)17(23)22-9-8-18-12-22/h4,6-12H,2-3,5H2,1H3. The number of imidazole rings is 1. The number of carbonyl (C=O) groups excluding carboxylic acids is 1. The molecule has 6 nitrogen and oxygen atoms in total. The van der Waals surface area contributed by atoms with Crippen LogP contribution in [0.3, 0.4) is 0 Å². The van der Waals surface area contributed by atoms with Crippen molar-refractivity contribution in [1.82, 2.24) is 24.5 Å². The second kappa shape index (κ2) is 6.91. The van der Waals surface area contributed by atoms with Gasteiger partial charge < -0.3 is 0 Å². The van der Waals surface area contributed by atoms with E-state index in [9.17, 15) is 4.79 Å². The van der Waals surface area contributed by atoms with Crippen molar-refractivity contribution < 1.29 is 4.79 Å². The topological polar surface area (TPSA) is 73.6 Å². The van der Waals surface area contributed by atoms with Crippen LogP contribution >= 0.6 is 0 Å². The molecule has 0 aliphatic heterocycles. The van der Waals surface area contributed by atoms with E-state index in [1.54, 1.807) is 12.4 Å². The maximum atomic E-state index is 12.2. The van der Waals surface area contributed by atoms with Gasteiger partial charge >= 0.3 is 0 Å². The summed E-state index contributed by atoms with van der Waals surface area (Å²) in [5, 5.41) is 0. The van der Waals surface area contributed by atoms with Crippen molar-refractivity contribution >= 4 is 5.91 Å². The van der Waals surface area contributed by atoms with Gasteiger partial charge in [-0.3, -0.25) is 9.36 Å². The number of hydrogen-bond acceptors (Lipinski definition) is 5. The third-order valence-corrected chi connectivity index (χ3v) is 3.46. The zero-order chi connectivity index (χ0) is 16.1. The minimum atomic E-state index is -0.210. The SMILES string of the molecule is CCCCc1cccc(-c2ncc(C(=O)n3ccnc3)cn2)n1. The Hall–Kier alpha value is -2.89. The van der Waals surface area contributed by atoms with Gasteiger partial charge in [-0.05, 0) is 25.0 Å². The summed E-state index contributed by atoms with van der Waals surface area (Å²) < 4.78 is 1.39. The minimum absolute atomic E-state index is 0.210. The molecular formula is C17H17N5O. The summed E-state index contributed by atoms with van der Waals surface area (Å²) in [4.78, 5) is 29.1. The van der Waals surface area contributed by atoms with Crippen LogP contribution < -0.4 is 0 Å². The molecule has 0 N–H and O–H groups in total. The minimum Gasteiger partial charge on any atom is -0.272 e. The van der Waals surface area contributed by atoms with Crippen molar-refractivity contribution in [2.45, 2.75) is 26.2 Å². The number of aryl methyl sites for hydroxylation is 1. The highest BCUT2D eigenvalue weighted by Gasteiger charge is 2.10. The fraction of sp³-hybridized carbons (Fsp3) is 0.235. The summed E-state index contributed by atoms with van der Waals surface area (Å²) >= 11 is 0. The zero-order valence-corrected chi connectivity index (χ0v) is 12.9. The van der Waals surface area contributed by atoms with Gasteiger partial charge in [0.25, 0.3) is 5.91 Å². The Balaban J connectivity index is 1.81. The Morgan fingerprint density at radius 2 is 2.04 bits per heavy atom. The van der Waals surface area contributed by atoms with Crippen molar-refractivity contribution in [3.8, 4) is 11.5 Å². The molecule has 116 valence electrons.